The number of amides is 1. The molecule has 0 saturated carbocycles. The molecule has 11 heteroatoms. The van der Waals surface area contributed by atoms with Crippen LogP contribution in [0.15, 0.2) is 42.9 Å². The Labute approximate surface area is 164 Å². The van der Waals surface area contributed by atoms with Crippen LogP contribution < -0.4 is 10.1 Å². The fourth-order valence-corrected chi connectivity index (χ4v) is 2.58. The smallest absolute Gasteiger partial charge is 0.272 e. The minimum absolute atomic E-state index is 0.00587. The third-order valence-electron chi connectivity index (χ3n) is 3.82. The number of nitrogens with zero attached hydrogens (tertiary/aromatic N) is 5. The minimum atomic E-state index is -0.540. The summed E-state index contributed by atoms with van der Waals surface area (Å²) in [4.78, 5) is 22.4. The summed E-state index contributed by atoms with van der Waals surface area (Å²) in [7, 11) is 0. The Morgan fingerprint density at radius 2 is 2.18 bits per heavy atom. The van der Waals surface area contributed by atoms with Gasteiger partial charge >= 0.3 is 0 Å². The molecule has 0 unspecified atom stereocenters. The summed E-state index contributed by atoms with van der Waals surface area (Å²) in [5.41, 5.74) is 1.01. The van der Waals surface area contributed by atoms with E-state index >= 15 is 0 Å². The van der Waals surface area contributed by atoms with Crippen LogP contribution >= 0.6 is 11.6 Å². The molecule has 3 aromatic rings. The monoisotopic (exact) mass is 404 g/mol. The van der Waals surface area contributed by atoms with Crippen LogP contribution in [0.4, 0.5) is 5.69 Å². The van der Waals surface area contributed by atoms with Gasteiger partial charge in [0.25, 0.3) is 11.6 Å². The van der Waals surface area contributed by atoms with E-state index in [-0.39, 0.29) is 34.8 Å². The number of carbonyl (C=O) groups excluding carboxylic acids is 1. The van der Waals surface area contributed by atoms with Gasteiger partial charge in [-0.15, -0.1) is 0 Å². The molecular weight excluding hydrogens is 388 g/mol. The number of nitro benzene ring substituents is 1. The van der Waals surface area contributed by atoms with E-state index in [1.54, 1.807) is 23.1 Å². The van der Waals surface area contributed by atoms with E-state index in [0.717, 1.165) is 12.1 Å². The number of aryl methyl sites for hydroxylation is 1. The molecule has 0 aliphatic heterocycles. The van der Waals surface area contributed by atoms with Gasteiger partial charge in [0.05, 0.1) is 16.1 Å². The second-order valence-electron chi connectivity index (χ2n) is 5.77. The number of ether oxygens (including phenoxy) is 1. The summed E-state index contributed by atoms with van der Waals surface area (Å²) in [6, 6.07) is 5.48. The molecule has 0 bridgehead atoms. The van der Waals surface area contributed by atoms with Gasteiger partial charge in [-0.25, -0.2) is 4.68 Å². The van der Waals surface area contributed by atoms with Crippen molar-refractivity contribution in [3.63, 3.8) is 0 Å². The molecule has 0 aliphatic rings. The van der Waals surface area contributed by atoms with Crippen LogP contribution in [0.25, 0.3) is 0 Å². The molecule has 0 spiro atoms. The molecule has 0 fully saturated rings. The maximum Gasteiger partial charge on any atom is 0.272 e. The molecule has 0 saturated heterocycles. The lowest BCUT2D eigenvalue weighted by Gasteiger charge is -2.07. The fourth-order valence-electron chi connectivity index (χ4n) is 2.35. The van der Waals surface area contributed by atoms with Gasteiger partial charge in [0.2, 0.25) is 0 Å². The second-order valence-corrected chi connectivity index (χ2v) is 6.18. The molecule has 0 aliphatic carbocycles. The third kappa shape index (κ3) is 4.65. The standard InChI is InChI=1S/C17H17ClN6O4/c1-2-22-10-12(9-20-22)8-19-17(25)15-5-6-23(21-15)11-28-16-4-3-13(24(26)27)7-14(16)18/h3-7,9-10H,2,8,11H2,1H3,(H,19,25). The summed E-state index contributed by atoms with van der Waals surface area (Å²) >= 11 is 5.98. The van der Waals surface area contributed by atoms with Gasteiger partial charge in [0.15, 0.2) is 6.73 Å². The maximum absolute atomic E-state index is 12.2. The lowest BCUT2D eigenvalue weighted by Crippen LogP contribution is -2.23. The van der Waals surface area contributed by atoms with Crippen LogP contribution in [0.5, 0.6) is 5.75 Å². The Balaban J connectivity index is 1.55. The van der Waals surface area contributed by atoms with Crippen molar-refractivity contribution in [1.82, 2.24) is 24.9 Å². The minimum Gasteiger partial charge on any atom is -0.470 e. The highest BCUT2D eigenvalue weighted by atomic mass is 35.5. The molecule has 1 amide bonds. The van der Waals surface area contributed by atoms with E-state index in [0.29, 0.717) is 6.54 Å². The number of hydrogen-bond donors (Lipinski definition) is 1. The Morgan fingerprint density at radius 1 is 1.36 bits per heavy atom. The van der Waals surface area contributed by atoms with Crippen molar-refractivity contribution in [3.8, 4) is 5.75 Å². The fraction of sp³-hybridized carbons (Fsp3) is 0.235. The molecule has 0 atom stereocenters. The number of rotatable bonds is 8. The largest absolute Gasteiger partial charge is 0.470 e. The highest BCUT2D eigenvalue weighted by molar-refractivity contribution is 6.32. The number of halogens is 1. The van der Waals surface area contributed by atoms with Crippen LogP contribution in [0, 0.1) is 10.1 Å². The van der Waals surface area contributed by atoms with Crippen LogP contribution in [-0.4, -0.2) is 30.4 Å². The van der Waals surface area contributed by atoms with Gasteiger partial charge in [-0.2, -0.15) is 10.2 Å². The third-order valence-corrected chi connectivity index (χ3v) is 4.11. The van der Waals surface area contributed by atoms with Crippen molar-refractivity contribution in [2.45, 2.75) is 26.7 Å². The second kappa shape index (κ2) is 8.53. The topological polar surface area (TPSA) is 117 Å². The van der Waals surface area contributed by atoms with Crippen LogP contribution in [-0.2, 0) is 19.8 Å². The number of carbonyl (C=O) groups is 1. The van der Waals surface area contributed by atoms with Gasteiger partial charge in [-0.3, -0.25) is 19.6 Å². The van der Waals surface area contributed by atoms with Gasteiger partial charge in [0, 0.05) is 43.2 Å². The van der Waals surface area contributed by atoms with Crippen molar-refractivity contribution in [3.05, 3.63) is 69.3 Å². The van der Waals surface area contributed by atoms with Gasteiger partial charge in [-0.1, -0.05) is 11.6 Å². The van der Waals surface area contributed by atoms with Crippen molar-refractivity contribution >= 4 is 23.2 Å². The SMILES string of the molecule is CCn1cc(CNC(=O)c2ccn(COc3ccc([N+](=O)[O-])cc3Cl)n2)cn1. The number of benzene rings is 1. The summed E-state index contributed by atoms with van der Waals surface area (Å²) in [5, 5.41) is 21.9. The average Bonchev–Trinajstić information content (AvgIpc) is 3.34. The summed E-state index contributed by atoms with van der Waals surface area (Å²) in [6.45, 7) is 3.08. The number of nitro groups is 1. The highest BCUT2D eigenvalue weighted by Gasteiger charge is 2.12. The normalized spacial score (nSPS) is 10.6. The molecule has 146 valence electrons. The van der Waals surface area contributed by atoms with E-state index < -0.39 is 4.92 Å². The number of aromatic nitrogens is 4. The number of non-ortho nitro benzene ring substituents is 1. The molecule has 1 aromatic carbocycles. The van der Waals surface area contributed by atoms with Crippen molar-refractivity contribution in [1.29, 1.82) is 0 Å². The van der Waals surface area contributed by atoms with Crippen molar-refractivity contribution in [2.24, 2.45) is 0 Å². The van der Waals surface area contributed by atoms with Crippen LogP contribution in [0.2, 0.25) is 5.02 Å². The van der Waals surface area contributed by atoms with Gasteiger partial charge in [0.1, 0.15) is 11.4 Å². The molecule has 3 rings (SSSR count). The zero-order chi connectivity index (χ0) is 20.1. The first kappa shape index (κ1) is 19.4. The summed E-state index contributed by atoms with van der Waals surface area (Å²) in [6.07, 6.45) is 5.15. The predicted molar refractivity (Wildman–Crippen MR) is 100 cm³/mol. The maximum atomic E-state index is 12.2. The predicted octanol–water partition coefficient (Wildman–Crippen LogP) is 2.63. The van der Waals surface area contributed by atoms with E-state index in [9.17, 15) is 14.9 Å². The summed E-state index contributed by atoms with van der Waals surface area (Å²) in [5.74, 6) is -0.0435. The van der Waals surface area contributed by atoms with E-state index in [2.05, 4.69) is 15.5 Å². The lowest BCUT2D eigenvalue weighted by atomic mass is 10.3. The van der Waals surface area contributed by atoms with E-state index in [1.807, 2.05) is 13.1 Å². The number of hydrogen-bond acceptors (Lipinski definition) is 6. The first-order valence-electron chi connectivity index (χ1n) is 8.36. The first-order chi connectivity index (χ1) is 13.5. The molecule has 2 aromatic heterocycles. The highest BCUT2D eigenvalue weighted by Crippen LogP contribution is 2.28. The van der Waals surface area contributed by atoms with E-state index in [1.165, 1.54) is 22.9 Å². The average molecular weight is 405 g/mol. The molecular formula is C17H17ClN6O4. The van der Waals surface area contributed by atoms with Gasteiger partial charge in [-0.05, 0) is 19.1 Å². The van der Waals surface area contributed by atoms with Crippen LogP contribution in [0.1, 0.15) is 23.0 Å². The molecule has 28 heavy (non-hydrogen) atoms. The van der Waals surface area contributed by atoms with Crippen molar-refractivity contribution < 1.29 is 14.5 Å². The zero-order valence-electron chi connectivity index (χ0n) is 14.9. The molecule has 1 N–H and O–H groups in total. The lowest BCUT2D eigenvalue weighted by molar-refractivity contribution is -0.384. The first-order valence-corrected chi connectivity index (χ1v) is 8.73. The van der Waals surface area contributed by atoms with E-state index in [4.69, 9.17) is 16.3 Å². The van der Waals surface area contributed by atoms with Crippen molar-refractivity contribution in [2.75, 3.05) is 0 Å². The van der Waals surface area contributed by atoms with Gasteiger partial charge < -0.3 is 10.1 Å². The zero-order valence-corrected chi connectivity index (χ0v) is 15.7. The molecule has 2 heterocycles. The Hall–Kier alpha value is -3.40. The summed E-state index contributed by atoms with van der Waals surface area (Å²) < 4.78 is 8.69. The Bertz CT molecular complexity index is 999. The number of nitrogens with one attached hydrogen (secondary N) is 1. The Morgan fingerprint density at radius 3 is 2.86 bits per heavy atom. The van der Waals surface area contributed by atoms with Crippen LogP contribution in [0.3, 0.4) is 0 Å². The Kier molecular flexibility index (Phi) is 5.90. The molecule has 10 nitrogen and oxygen atoms in total. The quantitative estimate of drug-likeness (QED) is 0.455. The molecule has 0 radical (unpaired) electrons.